The predicted octanol–water partition coefficient (Wildman–Crippen LogP) is 2.63. The minimum absolute atomic E-state index is 0.202. The van der Waals surface area contributed by atoms with Gasteiger partial charge in [-0.3, -0.25) is 9.59 Å². The summed E-state index contributed by atoms with van der Waals surface area (Å²) >= 11 is 0. The Morgan fingerprint density at radius 3 is 2.67 bits per heavy atom. The Labute approximate surface area is 156 Å². The lowest BCUT2D eigenvalue weighted by Crippen LogP contribution is -2.41. The summed E-state index contributed by atoms with van der Waals surface area (Å²) < 4.78 is 11.5. The fraction of sp³-hybridized carbons (Fsp3) is 0.350. The average molecular weight is 368 g/mol. The van der Waals surface area contributed by atoms with E-state index in [1.54, 1.807) is 30.5 Å². The summed E-state index contributed by atoms with van der Waals surface area (Å²) in [5.41, 5.74) is -1.09. The zero-order valence-corrected chi connectivity index (χ0v) is 14.7. The molecule has 0 spiro atoms. The predicted molar refractivity (Wildman–Crippen MR) is 95.7 cm³/mol. The third-order valence-electron chi connectivity index (χ3n) is 5.37. The Bertz CT molecular complexity index is 860. The highest BCUT2D eigenvalue weighted by molar-refractivity contribution is 5.96. The highest BCUT2D eigenvalue weighted by Gasteiger charge is 2.59. The van der Waals surface area contributed by atoms with Crippen molar-refractivity contribution in [3.8, 4) is 11.6 Å². The van der Waals surface area contributed by atoms with E-state index in [4.69, 9.17) is 9.47 Å². The number of nitrogens with zero attached hydrogens (tertiary/aromatic N) is 1. The minimum Gasteiger partial charge on any atom is -0.481 e. The van der Waals surface area contributed by atoms with E-state index in [0.717, 1.165) is 0 Å². The van der Waals surface area contributed by atoms with Crippen LogP contribution in [0.15, 0.2) is 48.7 Å². The Kier molecular flexibility index (Phi) is 4.31. The summed E-state index contributed by atoms with van der Waals surface area (Å²) in [5, 5.41) is 12.3. The zero-order valence-electron chi connectivity index (χ0n) is 14.7. The first-order valence-electron chi connectivity index (χ1n) is 8.86. The average Bonchev–Trinajstić information content (AvgIpc) is 3.26. The number of ether oxygens (including phenoxy) is 2. The summed E-state index contributed by atoms with van der Waals surface area (Å²) in [4.78, 5) is 28.4. The maximum absolute atomic E-state index is 12.7. The van der Waals surface area contributed by atoms with Crippen molar-refractivity contribution in [3.63, 3.8) is 0 Å². The van der Waals surface area contributed by atoms with Gasteiger partial charge < -0.3 is 19.9 Å². The lowest BCUT2D eigenvalue weighted by Gasteiger charge is -2.27. The van der Waals surface area contributed by atoms with Gasteiger partial charge in [0, 0.05) is 12.7 Å². The number of hydrogen-bond acceptors (Lipinski definition) is 5. The van der Waals surface area contributed by atoms with Gasteiger partial charge in [0.25, 0.3) is 5.91 Å². The van der Waals surface area contributed by atoms with Crippen molar-refractivity contribution in [2.75, 3.05) is 13.2 Å². The number of rotatable bonds is 6. The number of carbonyl (C=O) groups is 2. The Morgan fingerprint density at radius 2 is 2.00 bits per heavy atom. The van der Waals surface area contributed by atoms with Gasteiger partial charge in [0.1, 0.15) is 11.3 Å². The second-order valence-corrected chi connectivity index (χ2v) is 7.19. The van der Waals surface area contributed by atoms with Gasteiger partial charge >= 0.3 is 5.97 Å². The number of nitrogens with one attached hydrogen (secondary N) is 1. The number of carboxylic acid groups (broad SMARTS) is 1. The van der Waals surface area contributed by atoms with Crippen molar-refractivity contribution in [2.45, 2.75) is 24.9 Å². The molecule has 2 aromatic rings. The number of amides is 1. The molecule has 0 radical (unpaired) electrons. The van der Waals surface area contributed by atoms with Gasteiger partial charge in [0.15, 0.2) is 0 Å². The summed E-state index contributed by atoms with van der Waals surface area (Å²) in [6.07, 6.45) is 3.19. The van der Waals surface area contributed by atoms with Crippen molar-refractivity contribution >= 4 is 11.9 Å². The fourth-order valence-corrected chi connectivity index (χ4v) is 3.83. The number of carboxylic acids is 1. The molecule has 2 heterocycles. The van der Waals surface area contributed by atoms with Crippen molar-refractivity contribution in [3.05, 3.63) is 54.2 Å². The molecule has 1 saturated heterocycles. The highest BCUT2D eigenvalue weighted by atomic mass is 16.5. The van der Waals surface area contributed by atoms with Gasteiger partial charge in [0.05, 0.1) is 17.6 Å². The van der Waals surface area contributed by atoms with E-state index >= 15 is 0 Å². The number of benzene rings is 1. The highest BCUT2D eigenvalue weighted by Crippen LogP contribution is 2.52. The van der Waals surface area contributed by atoms with Crippen LogP contribution in [0, 0.1) is 5.41 Å². The van der Waals surface area contributed by atoms with Gasteiger partial charge in [-0.1, -0.05) is 18.2 Å². The van der Waals surface area contributed by atoms with Crippen molar-refractivity contribution in [2.24, 2.45) is 5.41 Å². The van der Waals surface area contributed by atoms with Crippen LogP contribution in [-0.4, -0.2) is 40.7 Å². The quantitative estimate of drug-likeness (QED) is 0.813. The van der Waals surface area contributed by atoms with Gasteiger partial charge in [-0.05, 0) is 43.5 Å². The first kappa shape index (κ1) is 17.5. The van der Waals surface area contributed by atoms with Crippen molar-refractivity contribution < 1.29 is 24.2 Å². The Hall–Kier alpha value is -2.93. The van der Waals surface area contributed by atoms with Gasteiger partial charge in [-0.2, -0.15) is 0 Å². The standard InChI is InChI=1S/C20H20N2O5/c23-16(22-12-20-9-8-19(11-20,13-26-20)18(24)25)15-7-4-10-21-17(15)27-14-5-2-1-3-6-14/h1-7,10H,8-9,11-13H2,(H,22,23)(H,24,25). The van der Waals surface area contributed by atoms with Crippen LogP contribution in [0.2, 0.25) is 0 Å². The second-order valence-electron chi connectivity index (χ2n) is 7.19. The molecule has 2 aliphatic rings. The molecule has 2 N–H and O–H groups in total. The number of carbonyl (C=O) groups excluding carboxylic acids is 1. The summed E-state index contributed by atoms with van der Waals surface area (Å²) in [6.45, 7) is 0.466. The van der Waals surface area contributed by atoms with Crippen LogP contribution < -0.4 is 10.1 Å². The molecule has 2 fully saturated rings. The molecule has 1 amide bonds. The molecule has 1 aromatic heterocycles. The van der Waals surface area contributed by atoms with Gasteiger partial charge in [0.2, 0.25) is 5.88 Å². The molecular formula is C20H20N2O5. The largest absolute Gasteiger partial charge is 0.481 e. The van der Waals surface area contributed by atoms with Crippen molar-refractivity contribution in [1.82, 2.24) is 10.3 Å². The second kappa shape index (κ2) is 6.66. The molecule has 140 valence electrons. The van der Waals surface area contributed by atoms with Crippen LogP contribution in [-0.2, 0) is 9.53 Å². The molecule has 4 rings (SSSR count). The van der Waals surface area contributed by atoms with Crippen LogP contribution in [0.25, 0.3) is 0 Å². The summed E-state index contributed by atoms with van der Waals surface area (Å²) in [6, 6.07) is 12.4. The molecule has 1 aliphatic heterocycles. The molecule has 1 saturated carbocycles. The Balaban J connectivity index is 1.45. The van der Waals surface area contributed by atoms with Crippen molar-refractivity contribution in [1.29, 1.82) is 0 Å². The monoisotopic (exact) mass is 368 g/mol. The van der Waals surface area contributed by atoms with Crippen LogP contribution >= 0.6 is 0 Å². The lowest BCUT2D eigenvalue weighted by atomic mass is 9.88. The molecule has 2 bridgehead atoms. The van der Waals surface area contributed by atoms with E-state index in [-0.39, 0.29) is 24.9 Å². The third-order valence-corrected chi connectivity index (χ3v) is 5.37. The maximum atomic E-state index is 12.7. The summed E-state index contributed by atoms with van der Waals surface area (Å²) in [7, 11) is 0. The van der Waals surface area contributed by atoms with E-state index in [2.05, 4.69) is 10.3 Å². The maximum Gasteiger partial charge on any atom is 0.312 e. The number of fused-ring (bicyclic) bond motifs is 2. The molecule has 2 unspecified atom stereocenters. The molecular weight excluding hydrogens is 348 g/mol. The Morgan fingerprint density at radius 1 is 1.19 bits per heavy atom. The third kappa shape index (κ3) is 3.26. The van der Waals surface area contributed by atoms with E-state index < -0.39 is 17.0 Å². The smallest absolute Gasteiger partial charge is 0.312 e. The van der Waals surface area contributed by atoms with Gasteiger partial charge in [-0.25, -0.2) is 4.98 Å². The van der Waals surface area contributed by atoms with E-state index in [9.17, 15) is 14.7 Å². The molecule has 2 atom stereocenters. The molecule has 1 aliphatic carbocycles. The van der Waals surface area contributed by atoms with E-state index in [0.29, 0.717) is 30.6 Å². The topological polar surface area (TPSA) is 97.8 Å². The fourth-order valence-electron chi connectivity index (χ4n) is 3.83. The number of aromatic nitrogens is 1. The summed E-state index contributed by atoms with van der Waals surface area (Å²) in [5.74, 6) is -0.340. The minimum atomic E-state index is -0.820. The first-order valence-corrected chi connectivity index (χ1v) is 8.86. The normalized spacial score (nSPS) is 25.9. The van der Waals surface area contributed by atoms with Gasteiger partial charge in [-0.15, -0.1) is 0 Å². The van der Waals surface area contributed by atoms with Crippen LogP contribution in [0.3, 0.4) is 0 Å². The van der Waals surface area contributed by atoms with Crippen LogP contribution in [0.4, 0.5) is 0 Å². The van der Waals surface area contributed by atoms with E-state index in [1.165, 1.54) is 0 Å². The lowest BCUT2D eigenvalue weighted by molar-refractivity contribution is -0.150. The molecule has 27 heavy (non-hydrogen) atoms. The number of aliphatic carboxylic acids is 1. The SMILES string of the molecule is O=C(NCC12CCC(C(=O)O)(CO1)C2)c1cccnc1Oc1ccccc1. The van der Waals surface area contributed by atoms with Crippen LogP contribution in [0.5, 0.6) is 11.6 Å². The van der Waals surface area contributed by atoms with E-state index in [1.807, 2.05) is 18.2 Å². The molecule has 1 aromatic carbocycles. The molecule has 7 nitrogen and oxygen atoms in total. The first-order chi connectivity index (χ1) is 13.0. The number of para-hydroxylation sites is 1. The number of pyridine rings is 1. The zero-order chi connectivity index (χ0) is 18.9. The van der Waals surface area contributed by atoms with Crippen LogP contribution in [0.1, 0.15) is 29.6 Å². The number of hydrogen-bond donors (Lipinski definition) is 2. The molecule has 7 heteroatoms.